The van der Waals surface area contributed by atoms with Crippen molar-refractivity contribution in [3.8, 4) is 11.8 Å². The lowest BCUT2D eigenvalue weighted by atomic mass is 10.1. The lowest BCUT2D eigenvalue weighted by molar-refractivity contribution is 0.368. The van der Waals surface area contributed by atoms with Gasteiger partial charge in [-0.05, 0) is 36.8 Å². The van der Waals surface area contributed by atoms with E-state index in [1.165, 1.54) is 12.1 Å². The molecule has 0 radical (unpaired) electrons. The average molecular weight is 270 g/mol. The zero-order chi connectivity index (χ0) is 14.4. The first kappa shape index (κ1) is 13.9. The van der Waals surface area contributed by atoms with Crippen LogP contribution in [0.1, 0.15) is 18.5 Å². The Hall–Kier alpha value is -2.54. The van der Waals surface area contributed by atoms with Gasteiger partial charge in [-0.1, -0.05) is 18.2 Å². The number of anilines is 1. The van der Waals surface area contributed by atoms with Crippen molar-refractivity contribution in [3.05, 3.63) is 59.9 Å². The van der Waals surface area contributed by atoms with E-state index >= 15 is 0 Å². The van der Waals surface area contributed by atoms with E-state index in [-0.39, 0.29) is 18.5 Å². The summed E-state index contributed by atoms with van der Waals surface area (Å²) < 4.78 is 18.1. The Bertz CT molecular complexity index is 605. The molecule has 4 heteroatoms. The normalized spacial score (nSPS) is 11.4. The standard InChI is InChI=1S/C16H15FN2O/c1-12(13-5-7-14(17)8-6-13)19-15-3-2-4-16(11-15)20-10-9-18/h2-8,11-12,19H,10H2,1H3. The number of rotatable bonds is 5. The zero-order valence-corrected chi connectivity index (χ0v) is 11.1. The summed E-state index contributed by atoms with van der Waals surface area (Å²) >= 11 is 0. The van der Waals surface area contributed by atoms with E-state index in [0.717, 1.165) is 11.3 Å². The summed E-state index contributed by atoms with van der Waals surface area (Å²) in [5.41, 5.74) is 1.88. The number of nitrogens with one attached hydrogen (secondary N) is 1. The predicted octanol–water partition coefficient (Wildman–Crippen LogP) is 3.90. The van der Waals surface area contributed by atoms with Crippen molar-refractivity contribution in [2.45, 2.75) is 13.0 Å². The molecule has 0 saturated heterocycles. The fourth-order valence-corrected chi connectivity index (χ4v) is 1.88. The smallest absolute Gasteiger partial charge is 0.174 e. The molecule has 1 atom stereocenters. The van der Waals surface area contributed by atoms with E-state index in [9.17, 15) is 4.39 Å². The molecule has 2 aromatic carbocycles. The van der Waals surface area contributed by atoms with Crippen LogP contribution in [0.25, 0.3) is 0 Å². The summed E-state index contributed by atoms with van der Waals surface area (Å²) in [4.78, 5) is 0. The molecule has 1 unspecified atom stereocenters. The third-order valence-corrected chi connectivity index (χ3v) is 2.89. The first-order chi connectivity index (χ1) is 9.69. The topological polar surface area (TPSA) is 45.0 Å². The van der Waals surface area contributed by atoms with Crippen molar-refractivity contribution in [1.29, 1.82) is 5.26 Å². The fraction of sp³-hybridized carbons (Fsp3) is 0.188. The fourth-order valence-electron chi connectivity index (χ4n) is 1.88. The molecular weight excluding hydrogens is 255 g/mol. The number of hydrogen-bond donors (Lipinski definition) is 1. The molecule has 2 aromatic rings. The van der Waals surface area contributed by atoms with E-state index < -0.39 is 0 Å². The van der Waals surface area contributed by atoms with Gasteiger partial charge in [0.15, 0.2) is 6.61 Å². The second kappa shape index (κ2) is 6.58. The highest BCUT2D eigenvalue weighted by molar-refractivity contribution is 5.49. The minimum absolute atomic E-state index is 0.0248. The van der Waals surface area contributed by atoms with Crippen molar-refractivity contribution in [2.75, 3.05) is 11.9 Å². The Balaban J connectivity index is 2.05. The Morgan fingerprint density at radius 2 is 2.00 bits per heavy atom. The van der Waals surface area contributed by atoms with E-state index in [4.69, 9.17) is 10.00 Å². The first-order valence-electron chi connectivity index (χ1n) is 6.31. The molecule has 0 bridgehead atoms. The molecule has 0 aliphatic rings. The van der Waals surface area contributed by atoms with Crippen LogP contribution in [0, 0.1) is 17.1 Å². The molecule has 0 heterocycles. The second-order valence-electron chi connectivity index (χ2n) is 4.39. The number of ether oxygens (including phenoxy) is 1. The van der Waals surface area contributed by atoms with Crippen LogP contribution in [0.2, 0.25) is 0 Å². The molecular formula is C16H15FN2O. The van der Waals surface area contributed by atoms with E-state index in [1.54, 1.807) is 18.2 Å². The lowest BCUT2D eigenvalue weighted by Crippen LogP contribution is -2.06. The molecule has 20 heavy (non-hydrogen) atoms. The maximum atomic E-state index is 12.9. The van der Waals surface area contributed by atoms with Gasteiger partial charge in [-0.2, -0.15) is 5.26 Å². The highest BCUT2D eigenvalue weighted by Gasteiger charge is 2.06. The summed E-state index contributed by atoms with van der Waals surface area (Å²) in [6, 6.07) is 15.8. The van der Waals surface area contributed by atoms with Crippen molar-refractivity contribution in [2.24, 2.45) is 0 Å². The van der Waals surface area contributed by atoms with Gasteiger partial charge in [-0.25, -0.2) is 4.39 Å². The zero-order valence-electron chi connectivity index (χ0n) is 11.1. The molecule has 2 rings (SSSR count). The van der Waals surface area contributed by atoms with E-state index in [2.05, 4.69) is 5.32 Å². The number of halogens is 1. The molecule has 0 saturated carbocycles. The van der Waals surface area contributed by atoms with Gasteiger partial charge in [-0.15, -0.1) is 0 Å². The van der Waals surface area contributed by atoms with Crippen LogP contribution >= 0.6 is 0 Å². The van der Waals surface area contributed by atoms with Crippen LogP contribution in [-0.2, 0) is 0 Å². The quantitative estimate of drug-likeness (QED) is 0.896. The molecule has 0 fully saturated rings. The maximum Gasteiger partial charge on any atom is 0.174 e. The number of nitrogens with zero attached hydrogens (tertiary/aromatic N) is 1. The molecule has 0 amide bonds. The second-order valence-corrected chi connectivity index (χ2v) is 4.39. The van der Waals surface area contributed by atoms with Gasteiger partial charge in [0.2, 0.25) is 0 Å². The average Bonchev–Trinajstić information content (AvgIpc) is 2.46. The third-order valence-electron chi connectivity index (χ3n) is 2.89. The SMILES string of the molecule is CC(Nc1cccc(OCC#N)c1)c1ccc(F)cc1. The highest BCUT2D eigenvalue weighted by atomic mass is 19.1. The van der Waals surface area contributed by atoms with Crippen LogP contribution in [0.5, 0.6) is 5.75 Å². The van der Waals surface area contributed by atoms with Gasteiger partial charge in [0, 0.05) is 17.8 Å². The van der Waals surface area contributed by atoms with Crippen LogP contribution in [-0.4, -0.2) is 6.61 Å². The monoisotopic (exact) mass is 270 g/mol. The van der Waals surface area contributed by atoms with E-state index in [0.29, 0.717) is 5.75 Å². The molecule has 0 aliphatic heterocycles. The minimum atomic E-state index is -0.243. The molecule has 102 valence electrons. The third kappa shape index (κ3) is 3.72. The summed E-state index contributed by atoms with van der Waals surface area (Å²) in [7, 11) is 0. The summed E-state index contributed by atoms with van der Waals surface area (Å²) in [6.07, 6.45) is 0. The molecule has 0 spiro atoms. The molecule has 0 aromatic heterocycles. The number of hydrogen-bond acceptors (Lipinski definition) is 3. The van der Waals surface area contributed by atoms with Gasteiger partial charge >= 0.3 is 0 Å². The number of nitriles is 1. The van der Waals surface area contributed by atoms with Crippen molar-refractivity contribution in [1.82, 2.24) is 0 Å². The molecule has 3 nitrogen and oxygen atoms in total. The van der Waals surface area contributed by atoms with Crippen LogP contribution in [0.3, 0.4) is 0 Å². The summed E-state index contributed by atoms with van der Waals surface area (Å²) in [5, 5.41) is 11.8. The van der Waals surface area contributed by atoms with Crippen molar-refractivity contribution >= 4 is 5.69 Å². The predicted molar refractivity (Wildman–Crippen MR) is 76.0 cm³/mol. The highest BCUT2D eigenvalue weighted by Crippen LogP contribution is 2.23. The Labute approximate surface area is 117 Å². The van der Waals surface area contributed by atoms with Gasteiger partial charge in [0.25, 0.3) is 0 Å². The first-order valence-corrected chi connectivity index (χ1v) is 6.31. The van der Waals surface area contributed by atoms with Gasteiger partial charge in [0.05, 0.1) is 0 Å². The Morgan fingerprint density at radius 1 is 1.25 bits per heavy atom. The lowest BCUT2D eigenvalue weighted by Gasteiger charge is -2.16. The maximum absolute atomic E-state index is 12.9. The van der Waals surface area contributed by atoms with Crippen molar-refractivity contribution < 1.29 is 9.13 Å². The van der Waals surface area contributed by atoms with Crippen LogP contribution in [0.4, 0.5) is 10.1 Å². The molecule has 0 aliphatic carbocycles. The number of benzene rings is 2. The van der Waals surface area contributed by atoms with E-state index in [1.807, 2.05) is 31.2 Å². The summed E-state index contributed by atoms with van der Waals surface area (Å²) in [6.45, 7) is 2.02. The van der Waals surface area contributed by atoms with Crippen molar-refractivity contribution in [3.63, 3.8) is 0 Å². The van der Waals surface area contributed by atoms with Crippen LogP contribution < -0.4 is 10.1 Å². The van der Waals surface area contributed by atoms with Gasteiger partial charge in [-0.3, -0.25) is 0 Å². The largest absolute Gasteiger partial charge is 0.479 e. The minimum Gasteiger partial charge on any atom is -0.479 e. The Kier molecular flexibility index (Phi) is 4.56. The van der Waals surface area contributed by atoms with Gasteiger partial charge < -0.3 is 10.1 Å². The Morgan fingerprint density at radius 3 is 2.70 bits per heavy atom. The van der Waals surface area contributed by atoms with Gasteiger partial charge in [0.1, 0.15) is 17.6 Å². The summed E-state index contributed by atoms with van der Waals surface area (Å²) in [5.74, 6) is 0.399. The molecule has 1 N–H and O–H groups in total. The van der Waals surface area contributed by atoms with Crippen LogP contribution in [0.15, 0.2) is 48.5 Å².